The fraction of sp³-hybridized carbons (Fsp3) is 0.727. The summed E-state index contributed by atoms with van der Waals surface area (Å²) in [7, 11) is 1.92. The minimum absolute atomic E-state index is 0.694. The van der Waals surface area contributed by atoms with Crippen molar-refractivity contribution in [2.75, 3.05) is 20.1 Å². The van der Waals surface area contributed by atoms with Crippen LogP contribution in [0, 0.1) is 5.92 Å². The van der Waals surface area contributed by atoms with E-state index in [0.29, 0.717) is 5.92 Å². The van der Waals surface area contributed by atoms with Gasteiger partial charge >= 0.3 is 0 Å². The van der Waals surface area contributed by atoms with E-state index in [1.165, 1.54) is 12.8 Å². The molecule has 15 heavy (non-hydrogen) atoms. The first-order chi connectivity index (χ1) is 7.38. The van der Waals surface area contributed by atoms with Crippen molar-refractivity contribution in [2.24, 2.45) is 5.92 Å². The van der Waals surface area contributed by atoms with Crippen LogP contribution in [-0.4, -0.2) is 25.1 Å². The van der Waals surface area contributed by atoms with E-state index in [-0.39, 0.29) is 0 Å². The van der Waals surface area contributed by atoms with E-state index in [0.717, 1.165) is 37.6 Å². The number of piperidine rings is 1. The van der Waals surface area contributed by atoms with Crippen molar-refractivity contribution in [1.82, 2.24) is 15.6 Å². The Morgan fingerprint density at radius 1 is 1.67 bits per heavy atom. The lowest BCUT2D eigenvalue weighted by Gasteiger charge is -2.21. The second-order valence-corrected chi connectivity index (χ2v) is 4.18. The molecule has 4 nitrogen and oxygen atoms in total. The second-order valence-electron chi connectivity index (χ2n) is 4.18. The molecule has 0 aliphatic carbocycles. The van der Waals surface area contributed by atoms with E-state index >= 15 is 0 Å². The van der Waals surface area contributed by atoms with Crippen LogP contribution in [0.1, 0.15) is 24.4 Å². The molecule has 0 saturated carbocycles. The predicted molar refractivity (Wildman–Crippen MR) is 58.6 cm³/mol. The fourth-order valence-electron chi connectivity index (χ4n) is 2.05. The Balaban J connectivity index is 1.86. The quantitative estimate of drug-likeness (QED) is 0.774. The topological polar surface area (TPSA) is 50.1 Å². The number of hydrogen-bond acceptors (Lipinski definition) is 4. The SMILES string of the molecule is CNCc1coc(CC2CCCNC2)n1. The van der Waals surface area contributed by atoms with Crippen molar-refractivity contribution in [1.29, 1.82) is 0 Å². The summed E-state index contributed by atoms with van der Waals surface area (Å²) >= 11 is 0. The van der Waals surface area contributed by atoms with Gasteiger partial charge in [-0.25, -0.2) is 4.98 Å². The molecule has 1 aromatic rings. The lowest BCUT2D eigenvalue weighted by Crippen LogP contribution is -2.30. The van der Waals surface area contributed by atoms with Crippen LogP contribution in [0.25, 0.3) is 0 Å². The maximum Gasteiger partial charge on any atom is 0.194 e. The number of nitrogens with one attached hydrogen (secondary N) is 2. The van der Waals surface area contributed by atoms with Gasteiger partial charge in [-0.2, -0.15) is 0 Å². The maximum absolute atomic E-state index is 5.44. The molecule has 1 saturated heterocycles. The minimum atomic E-state index is 0.694. The third-order valence-corrected chi connectivity index (χ3v) is 2.82. The Kier molecular flexibility index (Phi) is 3.75. The van der Waals surface area contributed by atoms with E-state index < -0.39 is 0 Å². The Hall–Kier alpha value is -0.870. The summed E-state index contributed by atoms with van der Waals surface area (Å²) in [6.07, 6.45) is 5.28. The van der Waals surface area contributed by atoms with E-state index in [9.17, 15) is 0 Å². The highest BCUT2D eigenvalue weighted by atomic mass is 16.3. The van der Waals surface area contributed by atoms with Crippen LogP contribution in [0.5, 0.6) is 0 Å². The minimum Gasteiger partial charge on any atom is -0.449 e. The summed E-state index contributed by atoms with van der Waals surface area (Å²) < 4.78 is 5.44. The van der Waals surface area contributed by atoms with Gasteiger partial charge in [0, 0.05) is 13.0 Å². The van der Waals surface area contributed by atoms with Crippen molar-refractivity contribution in [2.45, 2.75) is 25.8 Å². The molecular weight excluding hydrogens is 190 g/mol. The average Bonchev–Trinajstić information content (AvgIpc) is 2.68. The molecular formula is C11H19N3O. The van der Waals surface area contributed by atoms with Gasteiger partial charge in [0.15, 0.2) is 5.89 Å². The first-order valence-electron chi connectivity index (χ1n) is 5.67. The van der Waals surface area contributed by atoms with Crippen LogP contribution in [0.4, 0.5) is 0 Å². The Morgan fingerprint density at radius 3 is 3.33 bits per heavy atom. The van der Waals surface area contributed by atoms with Crippen LogP contribution in [0.3, 0.4) is 0 Å². The molecule has 1 aliphatic rings. The van der Waals surface area contributed by atoms with E-state index in [2.05, 4.69) is 15.6 Å². The number of hydrogen-bond donors (Lipinski definition) is 2. The summed E-state index contributed by atoms with van der Waals surface area (Å²) in [5.41, 5.74) is 0.997. The Bertz CT molecular complexity index is 292. The van der Waals surface area contributed by atoms with Crippen molar-refractivity contribution in [3.8, 4) is 0 Å². The van der Waals surface area contributed by atoms with Crippen molar-refractivity contribution < 1.29 is 4.42 Å². The van der Waals surface area contributed by atoms with E-state index in [1.807, 2.05) is 7.05 Å². The third kappa shape index (κ3) is 3.04. The van der Waals surface area contributed by atoms with Crippen LogP contribution >= 0.6 is 0 Å². The molecule has 1 aromatic heterocycles. The molecule has 0 radical (unpaired) electrons. The molecule has 0 amide bonds. The molecule has 0 spiro atoms. The van der Waals surface area contributed by atoms with Gasteiger partial charge in [0.05, 0.1) is 5.69 Å². The van der Waals surface area contributed by atoms with Gasteiger partial charge in [-0.1, -0.05) is 0 Å². The molecule has 2 rings (SSSR count). The molecule has 2 N–H and O–H groups in total. The molecule has 1 fully saturated rings. The van der Waals surface area contributed by atoms with Gasteiger partial charge in [-0.15, -0.1) is 0 Å². The van der Waals surface area contributed by atoms with Crippen molar-refractivity contribution in [3.05, 3.63) is 17.8 Å². The normalized spacial score (nSPS) is 21.8. The van der Waals surface area contributed by atoms with Gasteiger partial charge in [0.2, 0.25) is 0 Å². The molecule has 4 heteroatoms. The summed E-state index contributed by atoms with van der Waals surface area (Å²) in [5, 5.41) is 6.47. The van der Waals surface area contributed by atoms with Crippen LogP contribution in [-0.2, 0) is 13.0 Å². The molecule has 2 heterocycles. The van der Waals surface area contributed by atoms with Crippen molar-refractivity contribution >= 4 is 0 Å². The van der Waals surface area contributed by atoms with Gasteiger partial charge in [-0.05, 0) is 38.9 Å². The molecule has 1 atom stereocenters. The van der Waals surface area contributed by atoms with Gasteiger partial charge in [0.25, 0.3) is 0 Å². The highest BCUT2D eigenvalue weighted by molar-refractivity contribution is 4.97. The molecule has 84 valence electrons. The zero-order valence-electron chi connectivity index (χ0n) is 9.25. The number of aromatic nitrogens is 1. The number of nitrogens with zero attached hydrogens (tertiary/aromatic N) is 1. The predicted octanol–water partition coefficient (Wildman–Crippen LogP) is 0.936. The number of rotatable bonds is 4. The zero-order valence-corrected chi connectivity index (χ0v) is 9.25. The lowest BCUT2D eigenvalue weighted by molar-refractivity contribution is 0.345. The Labute approximate surface area is 90.5 Å². The third-order valence-electron chi connectivity index (χ3n) is 2.82. The molecule has 0 aromatic carbocycles. The van der Waals surface area contributed by atoms with E-state index in [1.54, 1.807) is 6.26 Å². The molecule has 1 unspecified atom stereocenters. The monoisotopic (exact) mass is 209 g/mol. The van der Waals surface area contributed by atoms with Crippen LogP contribution in [0.15, 0.2) is 10.7 Å². The second kappa shape index (κ2) is 5.28. The zero-order chi connectivity index (χ0) is 10.5. The first kappa shape index (κ1) is 10.6. The Morgan fingerprint density at radius 2 is 2.60 bits per heavy atom. The van der Waals surface area contributed by atoms with Gasteiger partial charge < -0.3 is 15.1 Å². The van der Waals surface area contributed by atoms with Gasteiger partial charge in [0.1, 0.15) is 6.26 Å². The maximum atomic E-state index is 5.44. The van der Waals surface area contributed by atoms with Crippen LogP contribution < -0.4 is 10.6 Å². The summed E-state index contributed by atoms with van der Waals surface area (Å²) in [4.78, 5) is 4.44. The standard InChI is InChI=1S/C11H19N3O/c1-12-7-10-8-15-11(14-10)5-9-3-2-4-13-6-9/h8-9,12-13H,2-7H2,1H3. The van der Waals surface area contributed by atoms with E-state index in [4.69, 9.17) is 4.42 Å². The molecule has 1 aliphatic heterocycles. The highest BCUT2D eigenvalue weighted by Crippen LogP contribution is 2.15. The smallest absolute Gasteiger partial charge is 0.194 e. The van der Waals surface area contributed by atoms with Crippen LogP contribution in [0.2, 0.25) is 0 Å². The summed E-state index contributed by atoms with van der Waals surface area (Å²) in [6.45, 7) is 3.04. The first-order valence-corrected chi connectivity index (χ1v) is 5.67. The number of oxazole rings is 1. The summed E-state index contributed by atoms with van der Waals surface area (Å²) in [6, 6.07) is 0. The van der Waals surface area contributed by atoms with Gasteiger partial charge in [-0.3, -0.25) is 0 Å². The lowest BCUT2D eigenvalue weighted by atomic mass is 9.96. The van der Waals surface area contributed by atoms with Crippen molar-refractivity contribution in [3.63, 3.8) is 0 Å². The molecule has 0 bridgehead atoms. The highest BCUT2D eigenvalue weighted by Gasteiger charge is 2.16. The fourth-order valence-corrected chi connectivity index (χ4v) is 2.05. The summed E-state index contributed by atoms with van der Waals surface area (Å²) in [5.74, 6) is 1.58. The average molecular weight is 209 g/mol. The largest absolute Gasteiger partial charge is 0.449 e.